The van der Waals surface area contributed by atoms with Gasteiger partial charge in [0, 0.05) is 42.8 Å². The van der Waals surface area contributed by atoms with Crippen molar-refractivity contribution < 1.29 is 9.90 Å². The summed E-state index contributed by atoms with van der Waals surface area (Å²) in [5.41, 5.74) is 1.03. The van der Waals surface area contributed by atoms with Gasteiger partial charge in [0.1, 0.15) is 5.75 Å². The van der Waals surface area contributed by atoms with E-state index in [1.54, 1.807) is 6.07 Å². The third kappa shape index (κ3) is 3.76. The van der Waals surface area contributed by atoms with E-state index in [2.05, 4.69) is 23.8 Å². The Balaban J connectivity index is 2.18. The van der Waals surface area contributed by atoms with Gasteiger partial charge in [-0.1, -0.05) is 18.5 Å². The summed E-state index contributed by atoms with van der Waals surface area (Å²) in [7, 11) is 2.15. The smallest absolute Gasteiger partial charge is 0.163 e. The maximum Gasteiger partial charge on any atom is 0.163 e. The van der Waals surface area contributed by atoms with Crippen LogP contribution in [0, 0.1) is 0 Å². The Labute approximate surface area is 131 Å². The number of phenolic OH excluding ortho intramolecular Hbond substituents is 1. The number of likely N-dealkylation sites (N-methyl/N-ethyl adjacent to an activating group) is 1. The zero-order chi connectivity index (χ0) is 15.6. The number of carbonyl (C=O) groups excluding carboxylic acids is 1. The standard InChI is InChI=1S/C16H23ClN2O2/c1-4-14-10-19(6-5-18(14)3)9-12-7-13(17)8-15(11(2)20)16(12)21/h7-8,14,21H,4-6,9-10H2,1-3H3. The molecule has 1 aliphatic rings. The van der Waals surface area contributed by atoms with Gasteiger partial charge in [0.15, 0.2) is 5.78 Å². The summed E-state index contributed by atoms with van der Waals surface area (Å²) in [4.78, 5) is 16.2. The molecule has 1 N–H and O–H groups in total. The second-order valence-electron chi connectivity index (χ2n) is 5.80. The van der Waals surface area contributed by atoms with Crippen LogP contribution in [-0.4, -0.2) is 53.4 Å². The normalized spacial score (nSPS) is 20.7. The molecule has 0 amide bonds. The molecule has 4 nitrogen and oxygen atoms in total. The lowest BCUT2D eigenvalue weighted by Crippen LogP contribution is -2.50. The van der Waals surface area contributed by atoms with E-state index in [4.69, 9.17) is 11.6 Å². The molecule has 1 saturated heterocycles. The van der Waals surface area contributed by atoms with E-state index in [0.29, 0.717) is 23.2 Å². The van der Waals surface area contributed by atoms with Crippen LogP contribution in [0.3, 0.4) is 0 Å². The first-order chi connectivity index (χ1) is 9.92. The van der Waals surface area contributed by atoms with Crippen molar-refractivity contribution in [3.8, 4) is 5.75 Å². The SMILES string of the molecule is CCC1CN(Cc2cc(Cl)cc(C(C)=O)c2O)CCN1C. The number of carbonyl (C=O) groups is 1. The monoisotopic (exact) mass is 310 g/mol. The number of rotatable bonds is 4. The Kier molecular flexibility index (Phi) is 5.25. The Bertz CT molecular complexity index is 533. The maximum absolute atomic E-state index is 11.6. The minimum atomic E-state index is -0.166. The van der Waals surface area contributed by atoms with Gasteiger partial charge in [0.05, 0.1) is 5.56 Å². The second kappa shape index (κ2) is 6.77. The van der Waals surface area contributed by atoms with Gasteiger partial charge in [0.25, 0.3) is 0 Å². The van der Waals surface area contributed by atoms with Crippen LogP contribution >= 0.6 is 11.6 Å². The van der Waals surface area contributed by atoms with E-state index in [1.807, 2.05) is 0 Å². The molecule has 1 fully saturated rings. The first-order valence-corrected chi connectivity index (χ1v) is 7.75. The lowest BCUT2D eigenvalue weighted by atomic mass is 10.0. The predicted octanol–water partition coefficient (Wildman–Crippen LogP) is 2.77. The molecule has 0 radical (unpaired) electrons. The van der Waals surface area contributed by atoms with Crippen molar-refractivity contribution in [2.75, 3.05) is 26.7 Å². The molecule has 5 heteroatoms. The van der Waals surface area contributed by atoms with Crippen LogP contribution in [0.1, 0.15) is 36.2 Å². The average molecular weight is 311 g/mol. The van der Waals surface area contributed by atoms with E-state index >= 15 is 0 Å². The molecule has 1 aliphatic heterocycles. The molecule has 21 heavy (non-hydrogen) atoms. The highest BCUT2D eigenvalue weighted by Gasteiger charge is 2.24. The molecule has 116 valence electrons. The number of halogens is 1. The third-order valence-electron chi connectivity index (χ3n) is 4.26. The Hall–Kier alpha value is -1.10. The summed E-state index contributed by atoms with van der Waals surface area (Å²) in [6.07, 6.45) is 1.10. The molecule has 0 bridgehead atoms. The van der Waals surface area contributed by atoms with Crippen molar-refractivity contribution in [2.24, 2.45) is 0 Å². The topological polar surface area (TPSA) is 43.8 Å². The summed E-state index contributed by atoms with van der Waals surface area (Å²) < 4.78 is 0. The second-order valence-corrected chi connectivity index (χ2v) is 6.23. The van der Waals surface area contributed by atoms with Crippen LogP contribution in [0.25, 0.3) is 0 Å². The molecule has 0 spiro atoms. The third-order valence-corrected chi connectivity index (χ3v) is 4.48. The number of hydrogen-bond acceptors (Lipinski definition) is 4. The molecule has 0 aliphatic carbocycles. The highest BCUT2D eigenvalue weighted by Crippen LogP contribution is 2.29. The van der Waals surface area contributed by atoms with Crippen LogP contribution in [-0.2, 0) is 6.54 Å². The van der Waals surface area contributed by atoms with E-state index in [1.165, 1.54) is 13.0 Å². The number of hydrogen-bond donors (Lipinski definition) is 1. The fourth-order valence-corrected chi connectivity index (χ4v) is 3.12. The van der Waals surface area contributed by atoms with Crippen molar-refractivity contribution in [3.05, 3.63) is 28.3 Å². The number of piperazine rings is 1. The van der Waals surface area contributed by atoms with Crippen molar-refractivity contribution in [1.29, 1.82) is 0 Å². The first-order valence-electron chi connectivity index (χ1n) is 7.37. The first kappa shape index (κ1) is 16.3. The van der Waals surface area contributed by atoms with Gasteiger partial charge in [-0.2, -0.15) is 0 Å². The number of Topliss-reactive ketones (excluding diaryl/α,β-unsaturated/α-hetero) is 1. The fourth-order valence-electron chi connectivity index (χ4n) is 2.88. The summed E-state index contributed by atoms with van der Waals surface area (Å²) in [6.45, 7) is 7.19. The maximum atomic E-state index is 11.6. The number of benzene rings is 1. The number of aromatic hydroxyl groups is 1. The Morgan fingerprint density at radius 1 is 1.43 bits per heavy atom. The predicted molar refractivity (Wildman–Crippen MR) is 85.1 cm³/mol. The van der Waals surface area contributed by atoms with Crippen molar-refractivity contribution in [1.82, 2.24) is 9.80 Å². The van der Waals surface area contributed by atoms with Crippen LogP contribution in [0.5, 0.6) is 5.75 Å². The van der Waals surface area contributed by atoms with Crippen molar-refractivity contribution in [2.45, 2.75) is 32.9 Å². The fraction of sp³-hybridized carbons (Fsp3) is 0.562. The van der Waals surface area contributed by atoms with Gasteiger partial charge in [-0.05, 0) is 32.5 Å². The largest absolute Gasteiger partial charge is 0.507 e. The lowest BCUT2D eigenvalue weighted by molar-refractivity contribution is 0.0877. The van der Waals surface area contributed by atoms with Gasteiger partial charge in [-0.25, -0.2) is 0 Å². The minimum absolute atomic E-state index is 0.0684. The quantitative estimate of drug-likeness (QED) is 0.869. The van der Waals surface area contributed by atoms with E-state index in [9.17, 15) is 9.90 Å². The van der Waals surface area contributed by atoms with Crippen LogP contribution in [0.2, 0.25) is 5.02 Å². The van der Waals surface area contributed by atoms with Crippen molar-refractivity contribution >= 4 is 17.4 Å². The lowest BCUT2D eigenvalue weighted by Gasteiger charge is -2.39. The van der Waals surface area contributed by atoms with Gasteiger partial charge >= 0.3 is 0 Å². The van der Waals surface area contributed by atoms with Crippen molar-refractivity contribution in [3.63, 3.8) is 0 Å². The number of phenols is 1. The molecule has 0 saturated carbocycles. The zero-order valence-corrected chi connectivity index (χ0v) is 13.7. The highest BCUT2D eigenvalue weighted by molar-refractivity contribution is 6.31. The summed E-state index contributed by atoms with van der Waals surface area (Å²) in [6, 6.07) is 3.82. The van der Waals surface area contributed by atoms with Crippen LogP contribution in [0.4, 0.5) is 0 Å². The average Bonchev–Trinajstić information content (AvgIpc) is 2.44. The summed E-state index contributed by atoms with van der Waals surface area (Å²) >= 11 is 6.07. The number of nitrogens with zero attached hydrogens (tertiary/aromatic N) is 2. The molecule has 1 unspecified atom stereocenters. The van der Waals surface area contributed by atoms with Gasteiger partial charge in [-0.3, -0.25) is 9.69 Å². The van der Waals surface area contributed by atoms with E-state index in [0.717, 1.165) is 31.6 Å². The van der Waals surface area contributed by atoms with E-state index < -0.39 is 0 Å². The Morgan fingerprint density at radius 2 is 2.14 bits per heavy atom. The summed E-state index contributed by atoms with van der Waals surface area (Å²) in [5.74, 6) is -0.0973. The molecule has 1 heterocycles. The molecule has 1 atom stereocenters. The number of ketones is 1. The summed E-state index contributed by atoms with van der Waals surface area (Å²) in [5, 5.41) is 10.8. The van der Waals surface area contributed by atoms with Gasteiger partial charge in [0.2, 0.25) is 0 Å². The van der Waals surface area contributed by atoms with Gasteiger partial charge in [-0.15, -0.1) is 0 Å². The molecular formula is C16H23ClN2O2. The zero-order valence-electron chi connectivity index (χ0n) is 12.9. The minimum Gasteiger partial charge on any atom is -0.507 e. The van der Waals surface area contributed by atoms with Gasteiger partial charge < -0.3 is 10.0 Å². The molecule has 1 aromatic carbocycles. The molecule has 0 aromatic heterocycles. The molecule has 2 rings (SSSR count). The van der Waals surface area contributed by atoms with E-state index in [-0.39, 0.29) is 11.5 Å². The molecule has 1 aromatic rings. The van der Waals surface area contributed by atoms with Crippen LogP contribution < -0.4 is 0 Å². The molecular weight excluding hydrogens is 288 g/mol. The van der Waals surface area contributed by atoms with Crippen LogP contribution in [0.15, 0.2) is 12.1 Å². The Morgan fingerprint density at radius 3 is 2.76 bits per heavy atom. The highest BCUT2D eigenvalue weighted by atomic mass is 35.5.